The Morgan fingerprint density at radius 1 is 1.34 bits per heavy atom. The number of nitrogens with zero attached hydrogens (tertiary/aromatic N) is 2. The number of aliphatic carboxylic acids is 1. The van der Waals surface area contributed by atoms with Crippen molar-refractivity contribution in [3.63, 3.8) is 0 Å². The van der Waals surface area contributed by atoms with E-state index in [1.807, 2.05) is 26.0 Å². The number of hydrogen-bond acceptors (Lipinski definition) is 7. The molecule has 8 nitrogen and oxygen atoms in total. The maximum absolute atomic E-state index is 12.9. The summed E-state index contributed by atoms with van der Waals surface area (Å²) in [5, 5.41) is 13.6. The summed E-state index contributed by atoms with van der Waals surface area (Å²) in [4.78, 5) is 41.4. The number of carboxylic acid groups (broad SMARTS) is 1. The molecule has 1 saturated heterocycles. The predicted octanol–water partition coefficient (Wildman–Crippen LogP) is 0.132. The predicted molar refractivity (Wildman–Crippen MR) is 113 cm³/mol. The Morgan fingerprint density at radius 3 is 2.48 bits per heavy atom. The van der Waals surface area contributed by atoms with Crippen molar-refractivity contribution >= 4 is 57.8 Å². The third kappa shape index (κ3) is 5.77. The van der Waals surface area contributed by atoms with E-state index in [0.29, 0.717) is 11.6 Å². The summed E-state index contributed by atoms with van der Waals surface area (Å²) in [6, 6.07) is 5.89. The molecule has 1 heterocycles. The van der Waals surface area contributed by atoms with Crippen LogP contribution >= 0.6 is 12.2 Å². The maximum atomic E-state index is 12.9. The fourth-order valence-corrected chi connectivity index (χ4v) is 3.55. The van der Waals surface area contributed by atoms with Crippen LogP contribution in [0.4, 0.5) is 5.69 Å². The largest absolute Gasteiger partial charge is 0.548 e. The summed E-state index contributed by atoms with van der Waals surface area (Å²) in [5.41, 5.74) is 1.57. The lowest BCUT2D eigenvalue weighted by Crippen LogP contribution is -2.58. The topological polar surface area (TPSA) is 119 Å². The Hall–Kier alpha value is -2.46. The Bertz CT molecular complexity index is 867. The van der Waals surface area contributed by atoms with Crippen molar-refractivity contribution in [3.05, 3.63) is 29.8 Å². The third-order valence-corrected chi connectivity index (χ3v) is 5.48. The average molecular weight is 437 g/mol. The minimum Gasteiger partial charge on any atom is -0.548 e. The SMILES string of the molecule is CC(C)c1ccc(N2C(=O)C(C=NC(CC[S@](C)=O)C(=O)[O-])C(=O)NC2=S)cc1. The van der Waals surface area contributed by atoms with Crippen molar-refractivity contribution in [3.8, 4) is 0 Å². The molecule has 1 aliphatic rings. The van der Waals surface area contributed by atoms with Crippen LogP contribution in [-0.4, -0.2) is 51.4 Å². The Labute approximate surface area is 176 Å². The highest BCUT2D eigenvalue weighted by atomic mass is 32.2. The van der Waals surface area contributed by atoms with Crippen LogP contribution in [-0.2, 0) is 25.2 Å². The molecule has 1 N–H and O–H groups in total. The van der Waals surface area contributed by atoms with Gasteiger partial charge >= 0.3 is 0 Å². The van der Waals surface area contributed by atoms with Gasteiger partial charge in [-0.15, -0.1) is 0 Å². The molecule has 1 fully saturated rings. The number of amides is 2. The smallest absolute Gasteiger partial charge is 0.251 e. The van der Waals surface area contributed by atoms with E-state index < -0.39 is 40.5 Å². The second-order valence-electron chi connectivity index (χ2n) is 6.89. The van der Waals surface area contributed by atoms with E-state index in [4.69, 9.17) is 12.2 Å². The summed E-state index contributed by atoms with van der Waals surface area (Å²) in [7, 11) is -1.20. The van der Waals surface area contributed by atoms with Gasteiger partial charge in [0, 0.05) is 29.0 Å². The molecule has 0 aliphatic carbocycles. The quantitative estimate of drug-likeness (QED) is 0.352. The van der Waals surface area contributed by atoms with Crippen molar-refractivity contribution in [1.29, 1.82) is 0 Å². The van der Waals surface area contributed by atoms with Gasteiger partial charge in [0.05, 0.1) is 17.7 Å². The molecular weight excluding hydrogens is 414 g/mol. The molecule has 0 spiro atoms. The third-order valence-electron chi connectivity index (χ3n) is 4.39. The molecule has 1 aromatic carbocycles. The minimum atomic E-state index is -1.47. The number of rotatable bonds is 8. The summed E-state index contributed by atoms with van der Waals surface area (Å²) >= 11 is 5.14. The first-order valence-electron chi connectivity index (χ1n) is 8.94. The fourth-order valence-electron chi connectivity index (χ4n) is 2.70. The van der Waals surface area contributed by atoms with Crippen molar-refractivity contribution in [2.24, 2.45) is 10.9 Å². The van der Waals surface area contributed by atoms with Gasteiger partial charge in [-0.2, -0.15) is 0 Å². The molecule has 29 heavy (non-hydrogen) atoms. The van der Waals surface area contributed by atoms with Crippen LogP contribution in [0.5, 0.6) is 0 Å². The Kier molecular flexibility index (Phi) is 7.74. The highest BCUT2D eigenvalue weighted by molar-refractivity contribution is 7.84. The number of carboxylic acids is 1. The van der Waals surface area contributed by atoms with Gasteiger partial charge < -0.3 is 15.2 Å². The van der Waals surface area contributed by atoms with Gasteiger partial charge in [-0.25, -0.2) is 0 Å². The van der Waals surface area contributed by atoms with E-state index in [9.17, 15) is 23.7 Å². The number of benzene rings is 1. The fraction of sp³-hybridized carbons (Fsp3) is 0.421. The summed E-state index contributed by atoms with van der Waals surface area (Å²) in [6.07, 6.45) is 2.41. The molecular formula is C19H22N3O5S2-. The molecule has 156 valence electrons. The monoisotopic (exact) mass is 436 g/mol. The number of nitrogens with one attached hydrogen (secondary N) is 1. The summed E-state index contributed by atoms with van der Waals surface area (Å²) < 4.78 is 11.2. The normalized spacial score (nSPS) is 19.5. The van der Waals surface area contributed by atoms with E-state index in [2.05, 4.69) is 10.3 Å². The van der Waals surface area contributed by atoms with Crippen molar-refractivity contribution in [2.75, 3.05) is 16.9 Å². The van der Waals surface area contributed by atoms with Gasteiger partial charge in [-0.3, -0.25) is 23.7 Å². The average Bonchev–Trinajstić information content (AvgIpc) is 2.63. The minimum absolute atomic E-state index is 0.0245. The zero-order valence-electron chi connectivity index (χ0n) is 16.3. The van der Waals surface area contributed by atoms with Crippen molar-refractivity contribution < 1.29 is 23.7 Å². The number of aliphatic imine (C=N–C) groups is 1. The lowest BCUT2D eigenvalue weighted by molar-refractivity contribution is -0.307. The maximum Gasteiger partial charge on any atom is 0.251 e. The lowest BCUT2D eigenvalue weighted by Gasteiger charge is -2.31. The molecule has 0 saturated carbocycles. The molecule has 1 aliphatic heterocycles. The second-order valence-corrected chi connectivity index (χ2v) is 8.83. The number of hydrogen-bond donors (Lipinski definition) is 1. The van der Waals surface area contributed by atoms with Gasteiger partial charge in [-0.05, 0) is 42.3 Å². The highest BCUT2D eigenvalue weighted by Gasteiger charge is 2.38. The molecule has 2 unspecified atom stereocenters. The zero-order valence-corrected chi connectivity index (χ0v) is 17.9. The van der Waals surface area contributed by atoms with Crippen molar-refractivity contribution in [1.82, 2.24) is 5.32 Å². The summed E-state index contributed by atoms with van der Waals surface area (Å²) in [6.45, 7) is 4.08. The summed E-state index contributed by atoms with van der Waals surface area (Å²) in [5.74, 6) is -3.69. The first-order valence-corrected chi connectivity index (χ1v) is 11.1. The van der Waals surface area contributed by atoms with Gasteiger partial charge in [-0.1, -0.05) is 26.0 Å². The molecule has 2 amide bonds. The first-order chi connectivity index (χ1) is 13.6. The van der Waals surface area contributed by atoms with E-state index >= 15 is 0 Å². The lowest BCUT2D eigenvalue weighted by atomic mass is 10.0. The second kappa shape index (κ2) is 9.84. The standard InChI is InChI=1S/C19H23N3O5S2/c1-11(2)12-4-6-13(7-5-12)22-17(24)14(16(23)21-19(22)28)10-20-15(18(25)26)8-9-29(3)27/h4-7,10-11,14-15H,8-9H2,1-3H3,(H,25,26)(H,21,23,28)/p-1/t14?,15?,29-/m0/s1. The number of thiocarbonyl (C=S) groups is 1. The van der Waals surface area contributed by atoms with Crippen LogP contribution in [0, 0.1) is 5.92 Å². The highest BCUT2D eigenvalue weighted by Crippen LogP contribution is 2.23. The number of carbonyl (C=O) groups excluding carboxylic acids is 3. The molecule has 0 bridgehead atoms. The van der Waals surface area contributed by atoms with Crippen molar-refractivity contribution in [2.45, 2.75) is 32.2 Å². The van der Waals surface area contributed by atoms with Gasteiger partial charge in [0.1, 0.15) is 0 Å². The Balaban J connectivity index is 2.25. The van der Waals surface area contributed by atoms with E-state index in [0.717, 1.165) is 11.8 Å². The van der Waals surface area contributed by atoms with E-state index in [1.54, 1.807) is 12.1 Å². The van der Waals surface area contributed by atoms with Crippen LogP contribution in [0.1, 0.15) is 31.7 Å². The van der Waals surface area contributed by atoms with Gasteiger partial charge in [0.2, 0.25) is 5.91 Å². The van der Waals surface area contributed by atoms with E-state index in [-0.39, 0.29) is 17.3 Å². The number of anilines is 1. The van der Waals surface area contributed by atoms with E-state index in [1.165, 1.54) is 11.2 Å². The van der Waals surface area contributed by atoms with Crippen LogP contribution in [0.15, 0.2) is 29.3 Å². The molecule has 2 rings (SSSR count). The zero-order chi connectivity index (χ0) is 21.7. The van der Waals surface area contributed by atoms with Gasteiger partial charge in [0.25, 0.3) is 5.91 Å². The van der Waals surface area contributed by atoms with Crippen LogP contribution in [0.3, 0.4) is 0 Å². The molecule has 3 atom stereocenters. The first kappa shape index (κ1) is 22.8. The number of carbonyl (C=O) groups is 3. The van der Waals surface area contributed by atoms with Crippen LogP contribution in [0.25, 0.3) is 0 Å². The van der Waals surface area contributed by atoms with Crippen LogP contribution < -0.4 is 15.3 Å². The van der Waals surface area contributed by atoms with Crippen LogP contribution in [0.2, 0.25) is 0 Å². The molecule has 10 heteroatoms. The molecule has 0 aromatic heterocycles. The van der Waals surface area contributed by atoms with Gasteiger partial charge in [0.15, 0.2) is 11.0 Å². The Morgan fingerprint density at radius 2 is 1.97 bits per heavy atom. The molecule has 0 radical (unpaired) electrons. The molecule has 1 aromatic rings.